The predicted molar refractivity (Wildman–Crippen MR) is 110 cm³/mol. The van der Waals surface area contributed by atoms with E-state index in [4.69, 9.17) is 16.3 Å². The second kappa shape index (κ2) is 9.58. The Morgan fingerprint density at radius 1 is 1.38 bits per heavy atom. The van der Waals surface area contributed by atoms with Crippen molar-refractivity contribution in [2.24, 2.45) is 10.9 Å². The molecule has 0 aliphatic carbocycles. The second-order valence-corrected chi connectivity index (χ2v) is 8.09. The summed E-state index contributed by atoms with van der Waals surface area (Å²) in [7, 11) is 5.73. The summed E-state index contributed by atoms with van der Waals surface area (Å²) in [6.07, 6.45) is 2.40. The normalized spacial score (nSPS) is 22.3. The molecule has 26 heavy (non-hydrogen) atoms. The summed E-state index contributed by atoms with van der Waals surface area (Å²) in [5, 5.41) is 7.65. The van der Waals surface area contributed by atoms with Crippen molar-refractivity contribution in [2.45, 2.75) is 38.3 Å². The first-order valence-electron chi connectivity index (χ1n) is 9.31. The highest BCUT2D eigenvalue weighted by atomic mass is 35.5. The molecule has 146 valence electrons. The summed E-state index contributed by atoms with van der Waals surface area (Å²) >= 11 is 6.23. The second-order valence-electron chi connectivity index (χ2n) is 7.65. The van der Waals surface area contributed by atoms with Gasteiger partial charge in [0, 0.05) is 38.3 Å². The molecule has 2 atom stereocenters. The molecule has 1 aliphatic heterocycles. The molecular formula is C20H33ClN4O. The number of rotatable bonds is 6. The largest absolute Gasteiger partial charge is 0.377 e. The summed E-state index contributed by atoms with van der Waals surface area (Å²) in [6.45, 7) is 6.79. The van der Waals surface area contributed by atoms with Gasteiger partial charge in [0.25, 0.3) is 0 Å². The van der Waals surface area contributed by atoms with E-state index < -0.39 is 0 Å². The highest BCUT2D eigenvalue weighted by molar-refractivity contribution is 6.30. The Morgan fingerprint density at radius 2 is 2.15 bits per heavy atom. The number of benzene rings is 1. The van der Waals surface area contributed by atoms with Gasteiger partial charge in [-0.15, -0.1) is 0 Å². The van der Waals surface area contributed by atoms with Crippen LogP contribution in [0, 0.1) is 5.92 Å². The maximum Gasteiger partial charge on any atom is 0.191 e. The molecule has 6 heteroatoms. The molecule has 0 spiro atoms. The van der Waals surface area contributed by atoms with Crippen molar-refractivity contribution in [3.63, 3.8) is 0 Å². The van der Waals surface area contributed by atoms with Gasteiger partial charge in [-0.3, -0.25) is 9.89 Å². The molecule has 0 amide bonds. The van der Waals surface area contributed by atoms with E-state index in [2.05, 4.69) is 53.6 Å². The van der Waals surface area contributed by atoms with Gasteiger partial charge in [-0.05, 0) is 63.9 Å². The van der Waals surface area contributed by atoms with Crippen molar-refractivity contribution in [1.82, 2.24) is 15.5 Å². The average Bonchev–Trinajstić information content (AvgIpc) is 2.62. The van der Waals surface area contributed by atoms with E-state index in [9.17, 15) is 0 Å². The van der Waals surface area contributed by atoms with Gasteiger partial charge in [-0.25, -0.2) is 0 Å². The van der Waals surface area contributed by atoms with Crippen LogP contribution in [0.3, 0.4) is 0 Å². The number of hydrogen-bond donors (Lipinski definition) is 2. The van der Waals surface area contributed by atoms with E-state index in [1.165, 1.54) is 18.4 Å². The molecule has 0 aromatic heterocycles. The Hall–Kier alpha value is -1.30. The van der Waals surface area contributed by atoms with E-state index in [1.807, 2.05) is 12.1 Å². The molecule has 1 saturated heterocycles. The predicted octanol–water partition coefficient (Wildman–Crippen LogP) is 3.31. The van der Waals surface area contributed by atoms with Crippen LogP contribution in [-0.4, -0.2) is 57.3 Å². The first-order chi connectivity index (χ1) is 12.4. The molecule has 5 nitrogen and oxygen atoms in total. The van der Waals surface area contributed by atoms with Crippen LogP contribution in [0.15, 0.2) is 29.3 Å². The first kappa shape index (κ1) is 21.0. The lowest BCUT2D eigenvalue weighted by atomic mass is 9.85. The van der Waals surface area contributed by atoms with E-state index in [-0.39, 0.29) is 5.60 Å². The summed E-state index contributed by atoms with van der Waals surface area (Å²) in [6, 6.07) is 8.61. The smallest absolute Gasteiger partial charge is 0.191 e. The number of likely N-dealkylation sites (tertiary alicyclic amines) is 1. The van der Waals surface area contributed by atoms with Gasteiger partial charge < -0.3 is 15.4 Å². The monoisotopic (exact) mass is 380 g/mol. The van der Waals surface area contributed by atoms with Crippen molar-refractivity contribution >= 4 is 17.6 Å². The fourth-order valence-electron chi connectivity index (χ4n) is 3.51. The highest BCUT2D eigenvalue weighted by Crippen LogP contribution is 2.35. The molecule has 1 aliphatic rings. The summed E-state index contributed by atoms with van der Waals surface area (Å²) in [4.78, 5) is 6.78. The van der Waals surface area contributed by atoms with Crippen LogP contribution in [0.2, 0.25) is 5.02 Å². The molecule has 1 fully saturated rings. The van der Waals surface area contributed by atoms with Crippen molar-refractivity contribution in [3.8, 4) is 0 Å². The van der Waals surface area contributed by atoms with E-state index in [0.29, 0.717) is 18.5 Å². The highest BCUT2D eigenvalue weighted by Gasteiger charge is 2.30. The minimum atomic E-state index is -0.230. The number of aliphatic imine (C=N–C) groups is 1. The third-order valence-electron chi connectivity index (χ3n) is 5.19. The summed E-state index contributed by atoms with van der Waals surface area (Å²) < 4.78 is 5.46. The van der Waals surface area contributed by atoms with Crippen LogP contribution in [0.5, 0.6) is 0 Å². The summed E-state index contributed by atoms with van der Waals surface area (Å²) in [5.41, 5.74) is 1.06. The molecular weight excluding hydrogens is 348 g/mol. The zero-order chi connectivity index (χ0) is 19.2. The Balaban J connectivity index is 2.01. The number of ether oxygens (including phenoxy) is 1. The Bertz CT molecular complexity index is 605. The first-order valence-corrected chi connectivity index (χ1v) is 9.69. The van der Waals surface area contributed by atoms with Gasteiger partial charge in [0.15, 0.2) is 5.96 Å². The zero-order valence-electron chi connectivity index (χ0n) is 16.7. The molecule has 0 bridgehead atoms. The van der Waals surface area contributed by atoms with Crippen LogP contribution < -0.4 is 10.6 Å². The molecule has 2 unspecified atom stereocenters. The third kappa shape index (κ3) is 5.86. The van der Waals surface area contributed by atoms with Gasteiger partial charge in [-0.1, -0.05) is 23.7 Å². The standard InChI is InChI=1S/C20H33ClN4O/c1-20(2,26-5)14-24-19(22-3)23-13-16-9-7-11-25(4)18(16)15-8-6-10-17(21)12-15/h6,8,10,12,16,18H,7,9,11,13-14H2,1-5H3,(H2,22,23,24). The maximum atomic E-state index is 6.23. The van der Waals surface area contributed by atoms with Crippen LogP contribution in [0.1, 0.15) is 38.3 Å². The van der Waals surface area contributed by atoms with Crippen molar-refractivity contribution in [3.05, 3.63) is 34.9 Å². The number of piperidine rings is 1. The Kier molecular flexibility index (Phi) is 7.74. The number of guanidine groups is 1. The molecule has 1 aromatic carbocycles. The molecule has 1 aromatic rings. The topological polar surface area (TPSA) is 48.9 Å². The van der Waals surface area contributed by atoms with Crippen LogP contribution in [0.25, 0.3) is 0 Å². The molecule has 2 rings (SSSR count). The van der Waals surface area contributed by atoms with Gasteiger partial charge in [-0.2, -0.15) is 0 Å². The van der Waals surface area contributed by atoms with E-state index in [0.717, 1.165) is 24.1 Å². The van der Waals surface area contributed by atoms with E-state index >= 15 is 0 Å². The van der Waals surface area contributed by atoms with Gasteiger partial charge >= 0.3 is 0 Å². The quantitative estimate of drug-likeness (QED) is 0.587. The van der Waals surface area contributed by atoms with E-state index in [1.54, 1.807) is 14.2 Å². The van der Waals surface area contributed by atoms with Crippen molar-refractivity contribution in [2.75, 3.05) is 40.8 Å². The molecule has 2 N–H and O–H groups in total. The summed E-state index contributed by atoms with van der Waals surface area (Å²) in [5.74, 6) is 1.31. The number of nitrogens with one attached hydrogen (secondary N) is 2. The Labute approximate surface area is 163 Å². The van der Waals surface area contributed by atoms with Gasteiger partial charge in [0.2, 0.25) is 0 Å². The number of methoxy groups -OCH3 is 1. The SMILES string of the molecule is CN=C(NCC1CCCN(C)C1c1cccc(Cl)c1)NCC(C)(C)OC. The lowest BCUT2D eigenvalue weighted by Gasteiger charge is -2.40. The molecule has 0 saturated carbocycles. The minimum Gasteiger partial charge on any atom is -0.377 e. The number of nitrogens with zero attached hydrogens (tertiary/aromatic N) is 2. The van der Waals surface area contributed by atoms with Gasteiger partial charge in [0.1, 0.15) is 0 Å². The van der Waals surface area contributed by atoms with Crippen LogP contribution in [-0.2, 0) is 4.74 Å². The Morgan fingerprint density at radius 3 is 2.81 bits per heavy atom. The lowest BCUT2D eigenvalue weighted by Crippen LogP contribution is -2.48. The molecule has 1 heterocycles. The average molecular weight is 381 g/mol. The fraction of sp³-hybridized carbons (Fsp3) is 0.650. The number of halogens is 1. The maximum absolute atomic E-state index is 6.23. The van der Waals surface area contributed by atoms with Crippen LogP contribution >= 0.6 is 11.6 Å². The van der Waals surface area contributed by atoms with Crippen molar-refractivity contribution < 1.29 is 4.74 Å². The van der Waals surface area contributed by atoms with Crippen LogP contribution in [0.4, 0.5) is 0 Å². The fourth-order valence-corrected chi connectivity index (χ4v) is 3.71. The minimum absolute atomic E-state index is 0.230. The number of hydrogen-bond acceptors (Lipinski definition) is 3. The van der Waals surface area contributed by atoms with Crippen molar-refractivity contribution in [1.29, 1.82) is 0 Å². The zero-order valence-corrected chi connectivity index (χ0v) is 17.4. The lowest BCUT2D eigenvalue weighted by molar-refractivity contribution is 0.0268. The molecule has 0 radical (unpaired) electrons. The van der Waals surface area contributed by atoms with Gasteiger partial charge in [0.05, 0.1) is 5.60 Å². The third-order valence-corrected chi connectivity index (χ3v) is 5.42.